The summed E-state index contributed by atoms with van der Waals surface area (Å²) in [4.78, 5) is 23.7. The standard InChI is InChI=1S/C19H24ClNO5/c1-11(2)25-18-15(20)9-13(10-16(18)24-4)5-8-17(22)26-12(3)19(23)21-14-6-7-14/h5,8-12,14H,6-7H2,1-4H3,(H,21,23)/b8-5+/t12-/m0/s1. The van der Waals surface area contributed by atoms with Crippen molar-refractivity contribution in [3.63, 3.8) is 0 Å². The van der Waals surface area contributed by atoms with Crippen LogP contribution in [-0.4, -0.2) is 37.2 Å². The van der Waals surface area contributed by atoms with Crippen LogP contribution in [0.2, 0.25) is 5.02 Å². The fourth-order valence-corrected chi connectivity index (χ4v) is 2.43. The summed E-state index contributed by atoms with van der Waals surface area (Å²) >= 11 is 6.24. The molecule has 1 N–H and O–H groups in total. The van der Waals surface area contributed by atoms with Crippen LogP contribution in [0.25, 0.3) is 6.08 Å². The van der Waals surface area contributed by atoms with Crippen molar-refractivity contribution in [3.05, 3.63) is 28.8 Å². The van der Waals surface area contributed by atoms with Crippen molar-refractivity contribution in [1.82, 2.24) is 5.32 Å². The topological polar surface area (TPSA) is 73.9 Å². The van der Waals surface area contributed by atoms with Crippen LogP contribution in [0.15, 0.2) is 18.2 Å². The minimum Gasteiger partial charge on any atom is -0.493 e. The van der Waals surface area contributed by atoms with Crippen LogP contribution in [0.1, 0.15) is 39.2 Å². The van der Waals surface area contributed by atoms with E-state index >= 15 is 0 Å². The largest absolute Gasteiger partial charge is 0.493 e. The number of hydrogen-bond donors (Lipinski definition) is 1. The number of halogens is 1. The quantitative estimate of drug-likeness (QED) is 0.552. The molecule has 1 aliphatic rings. The Morgan fingerprint density at radius 1 is 1.27 bits per heavy atom. The minimum atomic E-state index is -0.840. The molecular weight excluding hydrogens is 358 g/mol. The van der Waals surface area contributed by atoms with Crippen molar-refractivity contribution >= 4 is 29.6 Å². The lowest BCUT2D eigenvalue weighted by Crippen LogP contribution is -2.36. The van der Waals surface area contributed by atoms with Crippen LogP contribution in [0.5, 0.6) is 11.5 Å². The van der Waals surface area contributed by atoms with Crippen molar-refractivity contribution in [2.45, 2.75) is 51.9 Å². The normalized spacial score (nSPS) is 15.0. The number of rotatable bonds is 8. The first-order valence-electron chi connectivity index (χ1n) is 8.53. The van der Waals surface area contributed by atoms with Gasteiger partial charge in [-0.05, 0) is 57.4 Å². The summed E-state index contributed by atoms with van der Waals surface area (Å²) in [6.07, 6.45) is 3.85. The zero-order valence-corrected chi connectivity index (χ0v) is 16.1. The number of ether oxygens (including phenoxy) is 3. The van der Waals surface area contributed by atoms with Gasteiger partial charge in [-0.25, -0.2) is 4.79 Å². The minimum absolute atomic E-state index is 0.0546. The van der Waals surface area contributed by atoms with E-state index in [0.29, 0.717) is 22.1 Å². The van der Waals surface area contributed by atoms with Crippen LogP contribution < -0.4 is 14.8 Å². The number of benzene rings is 1. The van der Waals surface area contributed by atoms with Crippen molar-refractivity contribution in [1.29, 1.82) is 0 Å². The molecule has 1 saturated carbocycles. The van der Waals surface area contributed by atoms with Crippen LogP contribution in [0.4, 0.5) is 0 Å². The van der Waals surface area contributed by atoms with Crippen LogP contribution >= 0.6 is 11.6 Å². The molecule has 0 heterocycles. The first kappa shape index (κ1) is 20.1. The monoisotopic (exact) mass is 381 g/mol. The van der Waals surface area contributed by atoms with Gasteiger partial charge in [0.25, 0.3) is 5.91 Å². The summed E-state index contributed by atoms with van der Waals surface area (Å²) in [6, 6.07) is 3.59. The Labute approximate surface area is 158 Å². The zero-order chi connectivity index (χ0) is 19.3. The summed E-state index contributed by atoms with van der Waals surface area (Å²) in [5, 5.41) is 3.17. The maximum atomic E-state index is 11.9. The molecule has 1 aliphatic carbocycles. The van der Waals surface area contributed by atoms with Crippen LogP contribution in [0, 0.1) is 0 Å². The van der Waals surface area contributed by atoms with Gasteiger partial charge in [0.1, 0.15) is 0 Å². The number of carbonyl (C=O) groups is 2. The molecule has 0 spiro atoms. The lowest BCUT2D eigenvalue weighted by molar-refractivity contribution is -0.150. The van der Waals surface area contributed by atoms with Crippen molar-refractivity contribution in [3.8, 4) is 11.5 Å². The highest BCUT2D eigenvalue weighted by Gasteiger charge is 2.26. The molecule has 142 valence electrons. The maximum absolute atomic E-state index is 11.9. The van der Waals surface area contributed by atoms with E-state index in [2.05, 4.69) is 5.32 Å². The maximum Gasteiger partial charge on any atom is 0.331 e. The second-order valence-corrected chi connectivity index (χ2v) is 6.80. The summed E-state index contributed by atoms with van der Waals surface area (Å²) in [7, 11) is 1.51. The number of hydrogen-bond acceptors (Lipinski definition) is 5. The third kappa shape index (κ3) is 5.95. The van der Waals surface area contributed by atoms with Gasteiger partial charge in [0.05, 0.1) is 18.2 Å². The summed E-state index contributed by atoms with van der Waals surface area (Å²) in [6.45, 7) is 5.32. The number of esters is 1. The predicted octanol–water partition coefficient (Wildman–Crippen LogP) is 3.36. The first-order valence-corrected chi connectivity index (χ1v) is 8.91. The molecule has 1 aromatic carbocycles. The molecule has 0 unspecified atom stereocenters. The summed E-state index contributed by atoms with van der Waals surface area (Å²) in [5.74, 6) is 0.0286. The summed E-state index contributed by atoms with van der Waals surface area (Å²) < 4.78 is 16.0. The highest BCUT2D eigenvalue weighted by Crippen LogP contribution is 2.37. The van der Waals surface area contributed by atoms with Crippen molar-refractivity contribution in [2.24, 2.45) is 0 Å². The zero-order valence-electron chi connectivity index (χ0n) is 15.4. The number of nitrogens with one attached hydrogen (secondary N) is 1. The molecule has 6 nitrogen and oxygen atoms in total. The van der Waals surface area contributed by atoms with E-state index < -0.39 is 12.1 Å². The van der Waals surface area contributed by atoms with Crippen molar-refractivity contribution in [2.75, 3.05) is 7.11 Å². The Balaban J connectivity index is 2.00. The second kappa shape index (κ2) is 8.94. The van der Waals surface area contributed by atoms with Crippen LogP contribution in [0.3, 0.4) is 0 Å². The Hall–Kier alpha value is -2.21. The Bertz CT molecular complexity index is 697. The van der Waals surface area contributed by atoms with Gasteiger partial charge in [0.15, 0.2) is 17.6 Å². The molecule has 1 aromatic rings. The fraction of sp³-hybridized carbons (Fsp3) is 0.474. The highest BCUT2D eigenvalue weighted by atomic mass is 35.5. The predicted molar refractivity (Wildman–Crippen MR) is 99.5 cm³/mol. The van der Waals surface area contributed by atoms with Crippen molar-refractivity contribution < 1.29 is 23.8 Å². The van der Waals surface area contributed by atoms with Gasteiger partial charge < -0.3 is 19.5 Å². The van der Waals surface area contributed by atoms with E-state index in [0.717, 1.165) is 12.8 Å². The van der Waals surface area contributed by atoms with E-state index in [4.69, 9.17) is 25.8 Å². The molecule has 1 atom stereocenters. The second-order valence-electron chi connectivity index (χ2n) is 6.40. The van der Waals surface area contributed by atoms with Gasteiger partial charge in [-0.2, -0.15) is 0 Å². The van der Waals surface area contributed by atoms with Crippen LogP contribution in [-0.2, 0) is 14.3 Å². The fourth-order valence-electron chi connectivity index (χ4n) is 2.16. The summed E-state index contributed by atoms with van der Waals surface area (Å²) in [5.41, 5.74) is 0.648. The molecule has 0 aliphatic heterocycles. The SMILES string of the molecule is COc1cc(/C=C/C(=O)O[C@@H](C)C(=O)NC2CC2)cc(Cl)c1OC(C)C. The smallest absolute Gasteiger partial charge is 0.331 e. The number of amides is 1. The average Bonchev–Trinajstić information content (AvgIpc) is 3.38. The Kier molecular flexibility index (Phi) is 6.91. The van der Waals surface area contributed by atoms with E-state index in [-0.39, 0.29) is 18.1 Å². The number of carbonyl (C=O) groups excluding carboxylic acids is 2. The molecule has 0 bridgehead atoms. The Morgan fingerprint density at radius 2 is 1.96 bits per heavy atom. The molecule has 7 heteroatoms. The van der Waals surface area contributed by atoms with E-state index in [9.17, 15) is 9.59 Å². The third-order valence-electron chi connectivity index (χ3n) is 3.60. The third-order valence-corrected chi connectivity index (χ3v) is 3.88. The van der Waals surface area contributed by atoms with Gasteiger partial charge in [0.2, 0.25) is 0 Å². The molecule has 1 amide bonds. The molecule has 26 heavy (non-hydrogen) atoms. The van der Waals surface area contributed by atoms with Gasteiger partial charge in [-0.3, -0.25) is 4.79 Å². The van der Waals surface area contributed by atoms with Gasteiger partial charge in [-0.15, -0.1) is 0 Å². The molecule has 0 aromatic heterocycles. The lowest BCUT2D eigenvalue weighted by Gasteiger charge is -2.15. The highest BCUT2D eigenvalue weighted by molar-refractivity contribution is 6.32. The molecule has 0 saturated heterocycles. The molecule has 1 fully saturated rings. The lowest BCUT2D eigenvalue weighted by atomic mass is 10.2. The molecule has 2 rings (SSSR count). The van der Waals surface area contributed by atoms with E-state index in [1.807, 2.05) is 13.8 Å². The van der Waals surface area contributed by atoms with E-state index in [1.165, 1.54) is 13.2 Å². The van der Waals surface area contributed by atoms with E-state index in [1.54, 1.807) is 25.1 Å². The van der Waals surface area contributed by atoms with Gasteiger partial charge in [-0.1, -0.05) is 11.6 Å². The molecule has 0 radical (unpaired) electrons. The number of methoxy groups -OCH3 is 1. The van der Waals surface area contributed by atoms with Gasteiger partial charge in [0, 0.05) is 12.1 Å². The van der Waals surface area contributed by atoms with Gasteiger partial charge >= 0.3 is 5.97 Å². The first-order chi connectivity index (χ1) is 12.3. The Morgan fingerprint density at radius 3 is 2.54 bits per heavy atom. The average molecular weight is 382 g/mol. The molecular formula is C19H24ClNO5.